The van der Waals surface area contributed by atoms with E-state index in [2.05, 4.69) is 24.1 Å². The van der Waals surface area contributed by atoms with E-state index in [9.17, 15) is 18.0 Å². The summed E-state index contributed by atoms with van der Waals surface area (Å²) < 4.78 is 41.8. The molecule has 1 atom stereocenters. The van der Waals surface area contributed by atoms with Crippen molar-refractivity contribution in [1.29, 1.82) is 0 Å². The van der Waals surface area contributed by atoms with Crippen molar-refractivity contribution >= 4 is 16.8 Å². The van der Waals surface area contributed by atoms with E-state index in [1.807, 2.05) is 4.90 Å². The number of aryl methyl sites for hydroxylation is 1. The van der Waals surface area contributed by atoms with Crippen molar-refractivity contribution in [2.24, 2.45) is 18.4 Å². The highest BCUT2D eigenvalue weighted by atomic mass is 19.4. The smallest absolute Gasteiger partial charge is 0.349 e. The number of rotatable bonds is 3. The van der Waals surface area contributed by atoms with E-state index in [0.717, 1.165) is 19.0 Å². The van der Waals surface area contributed by atoms with Gasteiger partial charge in [0.05, 0.1) is 28.2 Å². The lowest BCUT2D eigenvalue weighted by Crippen LogP contribution is -2.51. The average Bonchev–Trinajstić information content (AvgIpc) is 3.38. The molecule has 1 N–H and O–H groups in total. The molecule has 0 bridgehead atoms. The van der Waals surface area contributed by atoms with E-state index < -0.39 is 11.7 Å². The highest BCUT2D eigenvalue weighted by Crippen LogP contribution is 2.53. The summed E-state index contributed by atoms with van der Waals surface area (Å²) in [5, 5.41) is 3.48. The van der Waals surface area contributed by atoms with Crippen molar-refractivity contribution < 1.29 is 18.0 Å². The van der Waals surface area contributed by atoms with Crippen LogP contribution in [0.25, 0.3) is 10.9 Å². The number of nitrogens with one attached hydrogen (secondary N) is 1. The van der Waals surface area contributed by atoms with E-state index in [1.165, 1.54) is 6.07 Å². The van der Waals surface area contributed by atoms with Crippen LogP contribution in [0.15, 0.2) is 18.5 Å². The summed E-state index contributed by atoms with van der Waals surface area (Å²) in [5.41, 5.74) is 0.0387. The summed E-state index contributed by atoms with van der Waals surface area (Å²) in [7, 11) is 1.72. The van der Waals surface area contributed by atoms with Crippen molar-refractivity contribution in [3.63, 3.8) is 0 Å². The van der Waals surface area contributed by atoms with Crippen LogP contribution in [-0.4, -0.2) is 40.0 Å². The van der Waals surface area contributed by atoms with Gasteiger partial charge in [-0.1, -0.05) is 13.8 Å². The number of nitrogens with zero attached hydrogens (tertiary/aromatic N) is 3. The number of aromatic nitrogens is 2. The van der Waals surface area contributed by atoms with Gasteiger partial charge < -0.3 is 14.8 Å². The number of halogens is 3. The van der Waals surface area contributed by atoms with Gasteiger partial charge in [0.25, 0.3) is 0 Å². The van der Waals surface area contributed by atoms with Crippen LogP contribution in [0, 0.1) is 11.3 Å². The van der Waals surface area contributed by atoms with Gasteiger partial charge in [-0.15, -0.1) is 0 Å². The second kappa shape index (κ2) is 6.47. The maximum absolute atomic E-state index is 13.4. The van der Waals surface area contributed by atoms with Crippen LogP contribution in [0.5, 0.6) is 0 Å². The molecule has 2 aromatic heterocycles. The van der Waals surface area contributed by atoms with Gasteiger partial charge in [0.15, 0.2) is 0 Å². The maximum atomic E-state index is 13.4. The predicted octanol–water partition coefficient (Wildman–Crippen LogP) is 3.50. The summed E-state index contributed by atoms with van der Waals surface area (Å²) in [6.07, 6.45) is -0.0918. The molecule has 1 saturated carbocycles. The van der Waals surface area contributed by atoms with Crippen molar-refractivity contribution in [2.75, 3.05) is 19.6 Å². The van der Waals surface area contributed by atoms with Crippen LogP contribution in [-0.2, 0) is 18.0 Å². The largest absolute Gasteiger partial charge is 0.418 e. The number of hydrogen-bond acceptors (Lipinski definition) is 3. The third-order valence-electron chi connectivity index (χ3n) is 6.36. The van der Waals surface area contributed by atoms with Crippen molar-refractivity contribution in [1.82, 2.24) is 19.8 Å². The third-order valence-corrected chi connectivity index (χ3v) is 6.36. The van der Waals surface area contributed by atoms with Crippen LogP contribution < -0.4 is 5.32 Å². The van der Waals surface area contributed by atoms with Gasteiger partial charge in [-0.05, 0) is 24.8 Å². The monoisotopic (exact) mass is 394 g/mol. The van der Waals surface area contributed by atoms with E-state index in [1.54, 1.807) is 17.8 Å². The molecule has 2 fully saturated rings. The van der Waals surface area contributed by atoms with Crippen molar-refractivity contribution in [2.45, 2.75) is 38.9 Å². The van der Waals surface area contributed by atoms with Gasteiger partial charge in [0, 0.05) is 44.5 Å². The number of pyridine rings is 1. The average molecular weight is 394 g/mol. The van der Waals surface area contributed by atoms with Gasteiger partial charge >= 0.3 is 6.18 Å². The minimum Gasteiger partial charge on any atom is -0.349 e. The summed E-state index contributed by atoms with van der Waals surface area (Å²) in [4.78, 5) is 19.1. The third kappa shape index (κ3) is 2.98. The number of amides is 1. The second-order valence-corrected chi connectivity index (χ2v) is 8.31. The van der Waals surface area contributed by atoms with Crippen LogP contribution in [0.3, 0.4) is 0 Å². The first kappa shape index (κ1) is 19.2. The molecule has 1 saturated heterocycles. The Morgan fingerprint density at radius 3 is 2.68 bits per heavy atom. The lowest BCUT2D eigenvalue weighted by atomic mass is 9.90. The van der Waals surface area contributed by atoms with Gasteiger partial charge in [-0.2, -0.15) is 13.2 Å². The molecule has 8 heteroatoms. The molecule has 2 aromatic rings. The predicted molar refractivity (Wildman–Crippen MR) is 99.5 cm³/mol. The minimum atomic E-state index is -4.46. The molecule has 0 aromatic carbocycles. The number of hydrogen-bond donors (Lipinski definition) is 1. The fourth-order valence-corrected chi connectivity index (χ4v) is 4.42. The number of fused-ring (bicyclic) bond motifs is 1. The first-order valence-electron chi connectivity index (χ1n) is 9.69. The number of carbonyl (C=O) groups excluding carboxylic acids is 1. The minimum absolute atomic E-state index is 0.145. The molecule has 0 unspecified atom stereocenters. The molecule has 0 spiro atoms. The van der Waals surface area contributed by atoms with E-state index >= 15 is 0 Å². The SMILES string of the molecule is CC(C)C1(C(=O)N2CCN[C@@H](c3ncc(C(F)(F)F)c4ccn(C)c34)C2)CC1. The van der Waals surface area contributed by atoms with Crippen LogP contribution in [0.1, 0.15) is 44.0 Å². The summed E-state index contributed by atoms with van der Waals surface area (Å²) in [5.74, 6) is 0.459. The van der Waals surface area contributed by atoms with Crippen LogP contribution in [0.4, 0.5) is 13.2 Å². The molecule has 2 aliphatic rings. The fraction of sp³-hybridized carbons (Fsp3) is 0.600. The quantitative estimate of drug-likeness (QED) is 0.867. The molecule has 28 heavy (non-hydrogen) atoms. The Labute approximate surface area is 161 Å². The summed E-state index contributed by atoms with van der Waals surface area (Å²) in [6, 6.07) is 1.19. The Morgan fingerprint density at radius 1 is 1.36 bits per heavy atom. The lowest BCUT2D eigenvalue weighted by molar-refractivity contribution is -0.140. The lowest BCUT2D eigenvalue weighted by Gasteiger charge is -2.37. The molecule has 1 amide bonds. The fourth-order valence-electron chi connectivity index (χ4n) is 4.42. The van der Waals surface area contributed by atoms with Gasteiger partial charge in [-0.25, -0.2) is 0 Å². The Kier molecular flexibility index (Phi) is 4.45. The van der Waals surface area contributed by atoms with Gasteiger partial charge in [0.1, 0.15) is 0 Å². The highest BCUT2D eigenvalue weighted by Gasteiger charge is 2.54. The first-order valence-corrected chi connectivity index (χ1v) is 9.69. The van der Waals surface area contributed by atoms with Gasteiger partial charge in [-0.3, -0.25) is 9.78 Å². The van der Waals surface area contributed by atoms with Crippen molar-refractivity contribution in [3.8, 4) is 0 Å². The van der Waals surface area contributed by atoms with E-state index in [4.69, 9.17) is 0 Å². The number of alkyl halides is 3. The zero-order chi connectivity index (χ0) is 20.3. The standard InChI is InChI=1S/C20H25F3N4O/c1-12(2)19(5-6-19)18(28)27-9-7-24-15(11-27)16-17-13(4-8-26(17)3)14(10-25-16)20(21,22)23/h4,8,10,12,15,24H,5-7,9,11H2,1-3H3/t15-/m1/s1. The number of carbonyl (C=O) groups is 1. The molecule has 152 valence electrons. The molecule has 3 heterocycles. The molecular weight excluding hydrogens is 369 g/mol. The number of piperazine rings is 1. The van der Waals surface area contributed by atoms with Crippen LogP contribution in [0.2, 0.25) is 0 Å². The molecular formula is C20H25F3N4O. The zero-order valence-electron chi connectivity index (χ0n) is 16.3. The molecule has 0 radical (unpaired) electrons. The molecule has 5 nitrogen and oxygen atoms in total. The van der Waals surface area contributed by atoms with Crippen LogP contribution >= 0.6 is 0 Å². The van der Waals surface area contributed by atoms with Gasteiger partial charge in [0.2, 0.25) is 5.91 Å². The summed E-state index contributed by atoms with van der Waals surface area (Å²) >= 11 is 0. The second-order valence-electron chi connectivity index (χ2n) is 8.31. The summed E-state index contributed by atoms with van der Waals surface area (Å²) in [6.45, 7) is 5.79. The highest BCUT2D eigenvalue weighted by molar-refractivity contribution is 5.87. The Morgan fingerprint density at radius 2 is 2.07 bits per heavy atom. The maximum Gasteiger partial charge on any atom is 0.418 e. The molecule has 1 aliphatic carbocycles. The van der Waals surface area contributed by atoms with E-state index in [-0.39, 0.29) is 28.7 Å². The normalized spacial score (nSPS) is 22.1. The molecule has 1 aliphatic heterocycles. The Hall–Kier alpha value is -2.09. The van der Waals surface area contributed by atoms with E-state index in [0.29, 0.717) is 30.8 Å². The first-order chi connectivity index (χ1) is 13.1. The Balaban J connectivity index is 1.67. The molecule has 4 rings (SSSR count). The zero-order valence-corrected chi connectivity index (χ0v) is 16.3. The topological polar surface area (TPSA) is 50.2 Å². The Bertz CT molecular complexity index is 914. The van der Waals surface area contributed by atoms with Crippen molar-refractivity contribution in [3.05, 3.63) is 29.7 Å².